The molecule has 1 saturated heterocycles. The molecule has 2 atom stereocenters. The van der Waals surface area contributed by atoms with Gasteiger partial charge in [0.15, 0.2) is 5.82 Å². The fourth-order valence-electron chi connectivity index (χ4n) is 5.90. The molecule has 0 spiro atoms. The minimum Gasteiger partial charge on any atom is -0.377 e. The number of tetrazole rings is 1. The summed E-state index contributed by atoms with van der Waals surface area (Å²) in [4.78, 5) is 18.6. The Kier molecular flexibility index (Phi) is 7.29. The van der Waals surface area contributed by atoms with E-state index in [2.05, 4.69) is 56.9 Å². The summed E-state index contributed by atoms with van der Waals surface area (Å²) in [5, 5.41) is 14.2. The summed E-state index contributed by atoms with van der Waals surface area (Å²) in [6.45, 7) is 8.61. The highest BCUT2D eigenvalue weighted by Crippen LogP contribution is 2.34. The van der Waals surface area contributed by atoms with Gasteiger partial charge in [-0.05, 0) is 72.5 Å². The lowest BCUT2D eigenvalue weighted by molar-refractivity contribution is 0.0375. The highest BCUT2D eigenvalue weighted by Gasteiger charge is 2.34. The van der Waals surface area contributed by atoms with Gasteiger partial charge in [-0.1, -0.05) is 44.7 Å². The van der Waals surface area contributed by atoms with E-state index in [0.717, 1.165) is 61.1 Å². The number of hydrogen-bond donors (Lipinski definition) is 1. The van der Waals surface area contributed by atoms with Crippen molar-refractivity contribution in [3.8, 4) is 0 Å². The first kappa shape index (κ1) is 24.1. The van der Waals surface area contributed by atoms with E-state index in [0.29, 0.717) is 12.6 Å². The van der Waals surface area contributed by atoms with Gasteiger partial charge in [0.1, 0.15) is 0 Å². The van der Waals surface area contributed by atoms with Gasteiger partial charge in [0.25, 0.3) is 5.56 Å². The number of fused-ring (bicyclic) bond motifs is 1. The third-order valence-electron chi connectivity index (χ3n) is 7.64. The predicted molar refractivity (Wildman–Crippen MR) is 136 cm³/mol. The molecule has 35 heavy (non-hydrogen) atoms. The third kappa shape index (κ3) is 5.33. The number of H-pyrrole nitrogens is 1. The second-order valence-electron chi connectivity index (χ2n) is 10.7. The Morgan fingerprint density at radius 1 is 1.14 bits per heavy atom. The molecule has 8 heteroatoms. The Morgan fingerprint density at radius 3 is 2.71 bits per heavy atom. The first-order valence-corrected chi connectivity index (χ1v) is 13.3. The summed E-state index contributed by atoms with van der Waals surface area (Å²) in [5.74, 6) is 1.18. The molecule has 0 unspecified atom stereocenters. The zero-order valence-electron chi connectivity index (χ0n) is 21.2. The maximum atomic E-state index is 13.1. The van der Waals surface area contributed by atoms with Gasteiger partial charge in [0, 0.05) is 30.8 Å². The standard InChI is InChI=1S/C27H38N6O2/c1-18(2)25(26-29-30-31-33(26)22-8-5-4-6-9-22)32(17-23-10-7-13-35-23)16-21-15-20-14-19(3)11-12-24(20)28-27(21)34/h11-12,14-15,18,22-23,25H,4-10,13,16-17H2,1-3H3,(H,28,34)/t23-,25+/m0/s1. The zero-order valence-corrected chi connectivity index (χ0v) is 21.2. The molecule has 5 rings (SSSR count). The molecule has 2 aliphatic rings. The van der Waals surface area contributed by atoms with Gasteiger partial charge in [-0.3, -0.25) is 9.69 Å². The normalized spacial score (nSPS) is 20.3. The van der Waals surface area contributed by atoms with Crippen LogP contribution in [0.25, 0.3) is 10.9 Å². The predicted octanol–water partition coefficient (Wildman–Crippen LogP) is 4.71. The Morgan fingerprint density at radius 2 is 1.97 bits per heavy atom. The molecule has 0 radical (unpaired) electrons. The molecule has 1 saturated carbocycles. The van der Waals surface area contributed by atoms with E-state index in [9.17, 15) is 4.79 Å². The number of aromatic amines is 1. The van der Waals surface area contributed by atoms with Crippen molar-refractivity contribution < 1.29 is 4.74 Å². The van der Waals surface area contributed by atoms with Crippen molar-refractivity contribution in [3.05, 3.63) is 51.6 Å². The number of rotatable bonds is 8. The van der Waals surface area contributed by atoms with Crippen molar-refractivity contribution >= 4 is 10.9 Å². The van der Waals surface area contributed by atoms with Crippen molar-refractivity contribution in [1.82, 2.24) is 30.1 Å². The first-order chi connectivity index (χ1) is 17.0. The van der Waals surface area contributed by atoms with Crippen LogP contribution in [0.5, 0.6) is 0 Å². The molecule has 188 valence electrons. The molecule has 3 aromatic rings. The maximum absolute atomic E-state index is 13.1. The highest BCUT2D eigenvalue weighted by molar-refractivity contribution is 5.79. The second kappa shape index (κ2) is 10.6. The molecular formula is C27H38N6O2. The van der Waals surface area contributed by atoms with Crippen molar-refractivity contribution in [2.24, 2.45) is 5.92 Å². The molecule has 1 N–H and O–H groups in total. The average Bonchev–Trinajstić information content (AvgIpc) is 3.53. The smallest absolute Gasteiger partial charge is 0.252 e. The molecule has 8 nitrogen and oxygen atoms in total. The molecule has 2 aromatic heterocycles. The molecule has 3 heterocycles. The Hall–Kier alpha value is -2.58. The minimum absolute atomic E-state index is 0.0104. The number of nitrogens with zero attached hydrogens (tertiary/aromatic N) is 5. The van der Waals surface area contributed by atoms with Gasteiger partial charge >= 0.3 is 0 Å². The van der Waals surface area contributed by atoms with Gasteiger partial charge in [0.2, 0.25) is 0 Å². The highest BCUT2D eigenvalue weighted by atomic mass is 16.5. The van der Waals surface area contributed by atoms with E-state index in [4.69, 9.17) is 4.74 Å². The van der Waals surface area contributed by atoms with Crippen LogP contribution in [0, 0.1) is 12.8 Å². The van der Waals surface area contributed by atoms with Crippen LogP contribution >= 0.6 is 0 Å². The van der Waals surface area contributed by atoms with E-state index in [1.165, 1.54) is 24.8 Å². The summed E-state index contributed by atoms with van der Waals surface area (Å²) in [6.07, 6.45) is 8.27. The number of hydrogen-bond acceptors (Lipinski definition) is 6. The topological polar surface area (TPSA) is 88.9 Å². The summed E-state index contributed by atoms with van der Waals surface area (Å²) in [7, 11) is 0. The second-order valence-corrected chi connectivity index (χ2v) is 10.7. The quantitative estimate of drug-likeness (QED) is 0.505. The SMILES string of the molecule is Cc1ccc2[nH]c(=O)c(CN(C[C@@H]3CCCO3)[C@@H](c3nnnn3C3CCCCC3)C(C)C)cc2c1. The molecule has 0 amide bonds. The Bertz CT molecular complexity index is 1190. The summed E-state index contributed by atoms with van der Waals surface area (Å²) in [5.41, 5.74) is 2.78. The van der Waals surface area contributed by atoms with Gasteiger partial charge in [-0.2, -0.15) is 0 Å². The molecule has 0 bridgehead atoms. The van der Waals surface area contributed by atoms with Crippen LogP contribution in [0.1, 0.15) is 87.8 Å². The van der Waals surface area contributed by atoms with Gasteiger partial charge in [-0.25, -0.2) is 4.68 Å². The largest absolute Gasteiger partial charge is 0.377 e. The van der Waals surface area contributed by atoms with Crippen molar-refractivity contribution in [1.29, 1.82) is 0 Å². The fourth-order valence-corrected chi connectivity index (χ4v) is 5.90. The van der Waals surface area contributed by atoms with Gasteiger partial charge < -0.3 is 9.72 Å². The van der Waals surface area contributed by atoms with Crippen LogP contribution in [0.4, 0.5) is 0 Å². The number of ether oxygens (including phenoxy) is 1. The van der Waals surface area contributed by atoms with Crippen LogP contribution in [-0.4, -0.2) is 49.3 Å². The Labute approximate surface area is 207 Å². The first-order valence-electron chi connectivity index (χ1n) is 13.3. The lowest BCUT2D eigenvalue weighted by Crippen LogP contribution is -2.40. The number of pyridine rings is 1. The van der Waals surface area contributed by atoms with Gasteiger partial charge in [0.05, 0.1) is 18.2 Å². The zero-order chi connectivity index (χ0) is 24.4. The van der Waals surface area contributed by atoms with E-state index < -0.39 is 0 Å². The number of benzene rings is 1. The van der Waals surface area contributed by atoms with E-state index >= 15 is 0 Å². The van der Waals surface area contributed by atoms with E-state index in [1.54, 1.807) is 0 Å². The van der Waals surface area contributed by atoms with Crippen LogP contribution in [0.2, 0.25) is 0 Å². The Balaban J connectivity index is 1.51. The van der Waals surface area contributed by atoms with Crippen LogP contribution in [0.3, 0.4) is 0 Å². The van der Waals surface area contributed by atoms with E-state index in [-0.39, 0.29) is 23.6 Å². The lowest BCUT2D eigenvalue weighted by Gasteiger charge is -2.36. The van der Waals surface area contributed by atoms with E-state index in [1.807, 2.05) is 18.2 Å². The molecule has 1 aromatic carbocycles. The fraction of sp³-hybridized carbons (Fsp3) is 0.630. The van der Waals surface area contributed by atoms with Crippen molar-refractivity contribution in [2.75, 3.05) is 13.2 Å². The van der Waals surface area contributed by atoms with Crippen LogP contribution in [0.15, 0.2) is 29.1 Å². The van der Waals surface area contributed by atoms with Crippen LogP contribution < -0.4 is 5.56 Å². The molecule has 1 aliphatic heterocycles. The summed E-state index contributed by atoms with van der Waals surface area (Å²) < 4.78 is 8.13. The van der Waals surface area contributed by atoms with Crippen molar-refractivity contribution in [3.63, 3.8) is 0 Å². The molecule has 1 aliphatic carbocycles. The molecular weight excluding hydrogens is 440 g/mol. The minimum atomic E-state index is -0.0342. The summed E-state index contributed by atoms with van der Waals surface area (Å²) >= 11 is 0. The monoisotopic (exact) mass is 478 g/mol. The van der Waals surface area contributed by atoms with Crippen molar-refractivity contribution in [2.45, 2.75) is 90.4 Å². The maximum Gasteiger partial charge on any atom is 0.252 e. The number of nitrogens with one attached hydrogen (secondary N) is 1. The molecule has 2 fully saturated rings. The van der Waals surface area contributed by atoms with Gasteiger partial charge in [-0.15, -0.1) is 5.10 Å². The van der Waals surface area contributed by atoms with Crippen LogP contribution in [-0.2, 0) is 11.3 Å². The number of aryl methyl sites for hydroxylation is 1. The summed E-state index contributed by atoms with van der Waals surface area (Å²) in [6, 6.07) is 8.53. The third-order valence-corrected chi connectivity index (χ3v) is 7.64. The average molecular weight is 479 g/mol. The number of aromatic nitrogens is 5. The lowest BCUT2D eigenvalue weighted by atomic mass is 9.94.